The van der Waals surface area contributed by atoms with Gasteiger partial charge in [0.2, 0.25) is 0 Å². The van der Waals surface area contributed by atoms with Crippen LogP contribution in [0.4, 0.5) is 4.39 Å². The smallest absolute Gasteiger partial charge is 0.198 e. The number of methoxy groups -OCH3 is 2. The standard InChI is InChI=1S/C13H18ClFN2O2/c1-18-12-9(8-17-5-3-16-4-6-17)7-10(14)11(15)13(12)19-2/h7,16H,3-6,8H2,1-2H3. The van der Waals surface area contributed by atoms with Crippen LogP contribution in [0.5, 0.6) is 11.5 Å². The van der Waals surface area contributed by atoms with Crippen LogP contribution in [0.2, 0.25) is 5.02 Å². The number of piperazine rings is 1. The molecule has 0 saturated carbocycles. The molecule has 0 aliphatic carbocycles. The molecule has 1 heterocycles. The number of halogens is 2. The maximum Gasteiger partial charge on any atom is 0.198 e. The van der Waals surface area contributed by atoms with Gasteiger partial charge in [-0.15, -0.1) is 0 Å². The molecule has 0 spiro atoms. The van der Waals surface area contributed by atoms with Crippen molar-refractivity contribution in [1.82, 2.24) is 10.2 Å². The molecule has 4 nitrogen and oxygen atoms in total. The first kappa shape index (κ1) is 14.4. The topological polar surface area (TPSA) is 33.7 Å². The molecule has 0 bridgehead atoms. The molecule has 19 heavy (non-hydrogen) atoms. The van der Waals surface area contributed by atoms with Crippen molar-refractivity contribution in [3.05, 3.63) is 22.5 Å². The molecule has 0 aromatic heterocycles. The predicted octanol–water partition coefficient (Wildman–Crippen LogP) is 1.90. The molecule has 1 aromatic rings. The number of hydrogen-bond acceptors (Lipinski definition) is 4. The summed E-state index contributed by atoms with van der Waals surface area (Å²) >= 11 is 5.90. The second kappa shape index (κ2) is 6.41. The van der Waals surface area contributed by atoms with Crippen molar-refractivity contribution in [2.75, 3.05) is 40.4 Å². The van der Waals surface area contributed by atoms with Gasteiger partial charge >= 0.3 is 0 Å². The average molecular weight is 289 g/mol. The van der Waals surface area contributed by atoms with Gasteiger partial charge in [0.25, 0.3) is 0 Å². The zero-order valence-electron chi connectivity index (χ0n) is 11.1. The van der Waals surface area contributed by atoms with Crippen LogP contribution in [0.15, 0.2) is 6.07 Å². The molecule has 0 unspecified atom stereocenters. The SMILES string of the molecule is COc1c(CN2CCNCC2)cc(Cl)c(F)c1OC. The third-order valence-corrected chi connectivity index (χ3v) is 3.49. The number of ether oxygens (including phenoxy) is 2. The third kappa shape index (κ3) is 3.11. The molecule has 1 fully saturated rings. The van der Waals surface area contributed by atoms with Gasteiger partial charge in [-0.3, -0.25) is 4.90 Å². The van der Waals surface area contributed by atoms with Crippen LogP contribution in [0.25, 0.3) is 0 Å². The van der Waals surface area contributed by atoms with Gasteiger partial charge in [-0.1, -0.05) is 11.6 Å². The van der Waals surface area contributed by atoms with Gasteiger partial charge in [-0.25, -0.2) is 4.39 Å². The summed E-state index contributed by atoms with van der Waals surface area (Å²) in [4.78, 5) is 2.27. The summed E-state index contributed by atoms with van der Waals surface area (Å²) in [6.07, 6.45) is 0. The number of benzene rings is 1. The Kier molecular flexibility index (Phi) is 4.85. The maximum absolute atomic E-state index is 13.8. The Morgan fingerprint density at radius 2 is 1.89 bits per heavy atom. The lowest BCUT2D eigenvalue weighted by Crippen LogP contribution is -2.42. The predicted molar refractivity (Wildman–Crippen MR) is 72.7 cm³/mol. The van der Waals surface area contributed by atoms with Gasteiger partial charge in [-0.05, 0) is 6.07 Å². The minimum atomic E-state index is -0.579. The van der Waals surface area contributed by atoms with Crippen LogP contribution < -0.4 is 14.8 Å². The molecule has 0 atom stereocenters. The second-order valence-corrected chi connectivity index (χ2v) is 4.83. The van der Waals surface area contributed by atoms with Crippen LogP contribution in [-0.4, -0.2) is 45.3 Å². The third-order valence-electron chi connectivity index (χ3n) is 3.22. The summed E-state index contributed by atoms with van der Waals surface area (Å²) in [5, 5.41) is 3.35. The maximum atomic E-state index is 13.8. The minimum absolute atomic E-state index is 0.0581. The molecular weight excluding hydrogens is 271 g/mol. The zero-order valence-corrected chi connectivity index (χ0v) is 11.9. The molecule has 2 rings (SSSR count). The lowest BCUT2D eigenvalue weighted by molar-refractivity contribution is 0.228. The summed E-state index contributed by atoms with van der Waals surface area (Å²) in [6, 6.07) is 1.61. The van der Waals surface area contributed by atoms with E-state index in [-0.39, 0.29) is 10.8 Å². The van der Waals surface area contributed by atoms with E-state index >= 15 is 0 Å². The summed E-state index contributed by atoms with van der Waals surface area (Å²) in [5.41, 5.74) is 0.840. The highest BCUT2D eigenvalue weighted by Crippen LogP contribution is 2.38. The molecule has 1 N–H and O–H groups in total. The van der Waals surface area contributed by atoms with E-state index in [2.05, 4.69) is 10.2 Å². The monoisotopic (exact) mass is 288 g/mol. The quantitative estimate of drug-likeness (QED) is 0.918. The highest BCUT2D eigenvalue weighted by molar-refractivity contribution is 6.31. The molecule has 6 heteroatoms. The highest BCUT2D eigenvalue weighted by atomic mass is 35.5. The van der Waals surface area contributed by atoms with Crippen molar-refractivity contribution in [3.63, 3.8) is 0 Å². The van der Waals surface area contributed by atoms with Crippen molar-refractivity contribution >= 4 is 11.6 Å². The van der Waals surface area contributed by atoms with Crippen LogP contribution in [0.3, 0.4) is 0 Å². The summed E-state index contributed by atoms with van der Waals surface area (Å²) in [7, 11) is 2.91. The normalized spacial score (nSPS) is 16.4. The Morgan fingerprint density at radius 3 is 2.47 bits per heavy atom. The van der Waals surface area contributed by atoms with E-state index in [4.69, 9.17) is 21.1 Å². The largest absolute Gasteiger partial charge is 0.492 e. The van der Waals surface area contributed by atoms with Crippen molar-refractivity contribution in [3.8, 4) is 11.5 Å². The first-order valence-electron chi connectivity index (χ1n) is 6.19. The van der Waals surface area contributed by atoms with E-state index in [1.165, 1.54) is 14.2 Å². The van der Waals surface area contributed by atoms with Crippen molar-refractivity contribution < 1.29 is 13.9 Å². The number of nitrogens with one attached hydrogen (secondary N) is 1. The van der Waals surface area contributed by atoms with Crippen LogP contribution >= 0.6 is 11.6 Å². The van der Waals surface area contributed by atoms with E-state index in [0.717, 1.165) is 31.7 Å². The summed E-state index contributed by atoms with van der Waals surface area (Å²) < 4.78 is 24.2. The van der Waals surface area contributed by atoms with Gasteiger partial charge in [0.05, 0.1) is 19.2 Å². The Labute approximate surface area is 117 Å². The molecule has 1 aromatic carbocycles. The lowest BCUT2D eigenvalue weighted by atomic mass is 10.1. The molecule has 0 amide bonds. The summed E-state index contributed by atoms with van der Waals surface area (Å²) in [6.45, 7) is 4.46. The number of nitrogens with zero attached hydrogens (tertiary/aromatic N) is 1. The molecule has 0 radical (unpaired) electrons. The van der Waals surface area contributed by atoms with Crippen molar-refractivity contribution in [2.24, 2.45) is 0 Å². The van der Waals surface area contributed by atoms with Gasteiger partial charge in [-0.2, -0.15) is 0 Å². The fourth-order valence-electron chi connectivity index (χ4n) is 2.27. The van der Waals surface area contributed by atoms with Gasteiger partial charge in [0, 0.05) is 38.3 Å². The first-order valence-corrected chi connectivity index (χ1v) is 6.57. The fourth-order valence-corrected chi connectivity index (χ4v) is 2.49. The zero-order chi connectivity index (χ0) is 13.8. The van der Waals surface area contributed by atoms with Gasteiger partial charge in [0.15, 0.2) is 17.3 Å². The first-order chi connectivity index (χ1) is 9.17. The Hall–Kier alpha value is -1.04. The Morgan fingerprint density at radius 1 is 1.26 bits per heavy atom. The molecular formula is C13H18ClFN2O2. The van der Waals surface area contributed by atoms with Crippen LogP contribution in [-0.2, 0) is 6.54 Å². The molecule has 1 aliphatic heterocycles. The second-order valence-electron chi connectivity index (χ2n) is 4.42. The molecule has 1 aliphatic rings. The number of hydrogen-bond donors (Lipinski definition) is 1. The fraction of sp³-hybridized carbons (Fsp3) is 0.538. The van der Waals surface area contributed by atoms with E-state index < -0.39 is 5.82 Å². The molecule has 1 saturated heterocycles. The van der Waals surface area contributed by atoms with Crippen molar-refractivity contribution in [2.45, 2.75) is 6.54 Å². The Bertz CT molecular complexity index is 451. The Balaban J connectivity index is 2.30. The highest BCUT2D eigenvalue weighted by Gasteiger charge is 2.21. The number of rotatable bonds is 4. The van der Waals surface area contributed by atoms with Crippen molar-refractivity contribution in [1.29, 1.82) is 0 Å². The average Bonchev–Trinajstić information content (AvgIpc) is 2.43. The molecule has 106 valence electrons. The van der Waals surface area contributed by atoms with Gasteiger partial charge in [0.1, 0.15) is 0 Å². The van der Waals surface area contributed by atoms with Crippen LogP contribution in [0.1, 0.15) is 5.56 Å². The van der Waals surface area contributed by atoms with E-state index in [0.29, 0.717) is 12.3 Å². The minimum Gasteiger partial charge on any atom is -0.492 e. The van der Waals surface area contributed by atoms with Gasteiger partial charge < -0.3 is 14.8 Å². The van der Waals surface area contributed by atoms with E-state index in [1.807, 2.05) is 0 Å². The van der Waals surface area contributed by atoms with Crippen LogP contribution in [0, 0.1) is 5.82 Å². The van der Waals surface area contributed by atoms with E-state index in [9.17, 15) is 4.39 Å². The lowest BCUT2D eigenvalue weighted by Gasteiger charge is -2.28. The van der Waals surface area contributed by atoms with E-state index in [1.54, 1.807) is 6.07 Å². The summed E-state index contributed by atoms with van der Waals surface area (Å²) in [5.74, 6) is -0.0897.